The van der Waals surface area contributed by atoms with Crippen molar-refractivity contribution in [3.8, 4) is 11.5 Å². The third-order valence-electron chi connectivity index (χ3n) is 3.50. The molecule has 2 aromatic rings. The van der Waals surface area contributed by atoms with E-state index in [1.54, 1.807) is 24.3 Å². The molecule has 1 atom stereocenters. The number of carbonyl (C=O) groups excluding carboxylic acids is 1. The third-order valence-corrected chi connectivity index (χ3v) is 3.50. The quantitative estimate of drug-likeness (QED) is 0.809. The monoisotopic (exact) mass is 283 g/mol. The summed E-state index contributed by atoms with van der Waals surface area (Å²) in [7, 11) is 2.05. The van der Waals surface area contributed by atoms with Crippen molar-refractivity contribution in [3.05, 3.63) is 54.1 Å². The maximum atomic E-state index is 10.6. The number of hydrogen-bond donors (Lipinski definition) is 0. The van der Waals surface area contributed by atoms with Gasteiger partial charge in [-0.2, -0.15) is 0 Å². The highest BCUT2D eigenvalue weighted by molar-refractivity contribution is 5.74. The zero-order chi connectivity index (χ0) is 14.7. The molecule has 1 unspecified atom stereocenters. The number of nitrogens with zero attached hydrogens (tertiary/aromatic N) is 1. The topological polar surface area (TPSA) is 38.8 Å². The summed E-state index contributed by atoms with van der Waals surface area (Å²) in [6.07, 6.45) is 0.801. The molecule has 0 saturated heterocycles. The van der Waals surface area contributed by atoms with Gasteiger partial charge in [-0.05, 0) is 36.4 Å². The van der Waals surface area contributed by atoms with E-state index < -0.39 is 0 Å². The number of fused-ring (bicyclic) bond motifs is 1. The maximum Gasteiger partial charge on any atom is 0.150 e. The molecule has 4 heteroatoms. The van der Waals surface area contributed by atoms with Crippen LogP contribution in [0.15, 0.2) is 48.5 Å². The molecule has 3 rings (SSSR count). The van der Waals surface area contributed by atoms with Gasteiger partial charge in [-0.15, -0.1) is 0 Å². The van der Waals surface area contributed by atoms with E-state index in [2.05, 4.69) is 4.90 Å². The summed E-state index contributed by atoms with van der Waals surface area (Å²) < 4.78 is 11.7. The van der Waals surface area contributed by atoms with Gasteiger partial charge in [0.2, 0.25) is 0 Å². The second kappa shape index (κ2) is 5.87. The Kier molecular flexibility index (Phi) is 3.77. The van der Waals surface area contributed by atoms with E-state index in [1.807, 2.05) is 31.3 Å². The summed E-state index contributed by atoms with van der Waals surface area (Å²) in [4.78, 5) is 12.8. The Morgan fingerprint density at radius 1 is 1.24 bits per heavy atom. The van der Waals surface area contributed by atoms with Crippen LogP contribution in [-0.2, 0) is 0 Å². The number of anilines is 1. The second-order valence-electron chi connectivity index (χ2n) is 5.09. The average Bonchev–Trinajstić information content (AvgIpc) is 2.53. The number of aldehydes is 1. The normalized spacial score (nSPS) is 16.8. The van der Waals surface area contributed by atoms with Gasteiger partial charge < -0.3 is 14.4 Å². The molecule has 4 nitrogen and oxygen atoms in total. The highest BCUT2D eigenvalue weighted by atomic mass is 16.5. The van der Waals surface area contributed by atoms with Crippen LogP contribution in [0.5, 0.6) is 11.5 Å². The molecule has 2 aromatic carbocycles. The number of carbonyl (C=O) groups is 1. The molecule has 0 N–H and O–H groups in total. The van der Waals surface area contributed by atoms with Gasteiger partial charge in [0.05, 0.1) is 12.2 Å². The van der Waals surface area contributed by atoms with Gasteiger partial charge in [0.15, 0.2) is 0 Å². The molecule has 1 heterocycles. The highest BCUT2D eigenvalue weighted by Gasteiger charge is 2.23. The molecule has 0 fully saturated rings. The largest absolute Gasteiger partial charge is 0.490 e. The molecule has 0 spiro atoms. The Morgan fingerprint density at radius 2 is 2.00 bits per heavy atom. The summed E-state index contributed by atoms with van der Waals surface area (Å²) in [5, 5.41) is 0. The number of ether oxygens (including phenoxy) is 2. The van der Waals surface area contributed by atoms with E-state index >= 15 is 0 Å². The lowest BCUT2D eigenvalue weighted by atomic mass is 10.2. The average molecular weight is 283 g/mol. The van der Waals surface area contributed by atoms with Crippen molar-refractivity contribution in [1.82, 2.24) is 0 Å². The molecule has 0 aliphatic carbocycles. The minimum atomic E-state index is -0.0179. The Bertz CT molecular complexity index is 624. The van der Waals surface area contributed by atoms with Crippen molar-refractivity contribution in [2.24, 2.45) is 0 Å². The van der Waals surface area contributed by atoms with Gasteiger partial charge in [-0.3, -0.25) is 4.79 Å². The fourth-order valence-corrected chi connectivity index (χ4v) is 2.41. The smallest absolute Gasteiger partial charge is 0.150 e. The van der Waals surface area contributed by atoms with Crippen molar-refractivity contribution < 1.29 is 14.3 Å². The molecule has 108 valence electrons. The van der Waals surface area contributed by atoms with Crippen LogP contribution >= 0.6 is 0 Å². The number of benzene rings is 2. The van der Waals surface area contributed by atoms with E-state index in [0.717, 1.165) is 30.0 Å². The van der Waals surface area contributed by atoms with Crippen LogP contribution in [0, 0.1) is 0 Å². The molecular formula is C17H17NO3. The van der Waals surface area contributed by atoms with Gasteiger partial charge in [-0.25, -0.2) is 0 Å². The molecule has 21 heavy (non-hydrogen) atoms. The lowest BCUT2D eigenvalue weighted by molar-refractivity contribution is 0.112. The number of rotatable bonds is 4. The van der Waals surface area contributed by atoms with Gasteiger partial charge in [0.1, 0.15) is 30.5 Å². The van der Waals surface area contributed by atoms with Crippen molar-refractivity contribution in [3.63, 3.8) is 0 Å². The van der Waals surface area contributed by atoms with Crippen molar-refractivity contribution in [1.29, 1.82) is 0 Å². The summed E-state index contributed by atoms with van der Waals surface area (Å²) in [6.45, 7) is 1.25. The standard InChI is InChI=1S/C17H17NO3/c1-18-10-15(21-17-5-3-2-4-16(17)18)12-20-14-8-6-13(11-19)7-9-14/h2-9,11,15H,10,12H2,1H3. The van der Waals surface area contributed by atoms with Crippen LogP contribution in [0.1, 0.15) is 10.4 Å². The van der Waals surface area contributed by atoms with E-state index in [4.69, 9.17) is 9.47 Å². The Balaban J connectivity index is 1.62. The second-order valence-corrected chi connectivity index (χ2v) is 5.09. The van der Waals surface area contributed by atoms with Crippen molar-refractivity contribution in [2.45, 2.75) is 6.10 Å². The fourth-order valence-electron chi connectivity index (χ4n) is 2.41. The van der Waals surface area contributed by atoms with Crippen LogP contribution in [0.3, 0.4) is 0 Å². The molecule has 1 aliphatic rings. The Morgan fingerprint density at radius 3 is 2.76 bits per heavy atom. The molecule has 0 amide bonds. The first-order valence-corrected chi connectivity index (χ1v) is 6.91. The van der Waals surface area contributed by atoms with Gasteiger partial charge in [-0.1, -0.05) is 12.1 Å². The Hall–Kier alpha value is -2.49. The van der Waals surface area contributed by atoms with E-state index in [0.29, 0.717) is 12.2 Å². The van der Waals surface area contributed by atoms with Crippen LogP contribution in [0.25, 0.3) is 0 Å². The molecule has 1 aliphatic heterocycles. The van der Waals surface area contributed by atoms with E-state index in [1.165, 1.54) is 0 Å². The molecule has 0 aromatic heterocycles. The highest BCUT2D eigenvalue weighted by Crippen LogP contribution is 2.31. The van der Waals surface area contributed by atoms with Gasteiger partial charge in [0, 0.05) is 12.6 Å². The molecule has 0 radical (unpaired) electrons. The number of para-hydroxylation sites is 2. The van der Waals surface area contributed by atoms with Crippen LogP contribution in [0.2, 0.25) is 0 Å². The van der Waals surface area contributed by atoms with Gasteiger partial charge >= 0.3 is 0 Å². The lowest BCUT2D eigenvalue weighted by Gasteiger charge is -2.33. The zero-order valence-corrected chi connectivity index (χ0v) is 11.9. The molecule has 0 saturated carbocycles. The zero-order valence-electron chi connectivity index (χ0n) is 11.9. The maximum absolute atomic E-state index is 10.6. The first kappa shape index (κ1) is 13.5. The minimum Gasteiger partial charge on any atom is -0.490 e. The third kappa shape index (κ3) is 2.99. The first-order valence-electron chi connectivity index (χ1n) is 6.91. The number of hydrogen-bond acceptors (Lipinski definition) is 4. The number of likely N-dealkylation sites (N-methyl/N-ethyl adjacent to an activating group) is 1. The van der Waals surface area contributed by atoms with E-state index in [-0.39, 0.29) is 6.10 Å². The van der Waals surface area contributed by atoms with E-state index in [9.17, 15) is 4.79 Å². The summed E-state index contributed by atoms with van der Waals surface area (Å²) in [6, 6.07) is 15.1. The minimum absolute atomic E-state index is 0.0179. The van der Waals surface area contributed by atoms with Crippen molar-refractivity contribution in [2.75, 3.05) is 25.1 Å². The van der Waals surface area contributed by atoms with Crippen LogP contribution in [0.4, 0.5) is 5.69 Å². The summed E-state index contributed by atoms with van der Waals surface area (Å²) in [5.41, 5.74) is 1.74. The predicted molar refractivity (Wildman–Crippen MR) is 81.5 cm³/mol. The van der Waals surface area contributed by atoms with Crippen LogP contribution < -0.4 is 14.4 Å². The molecular weight excluding hydrogens is 266 g/mol. The summed E-state index contributed by atoms with van der Waals surface area (Å²) >= 11 is 0. The van der Waals surface area contributed by atoms with Crippen LogP contribution in [-0.4, -0.2) is 32.6 Å². The predicted octanol–water partition coefficient (Wildman–Crippen LogP) is 2.78. The lowest BCUT2D eigenvalue weighted by Crippen LogP contribution is -2.41. The molecule has 0 bridgehead atoms. The SMILES string of the molecule is CN1CC(COc2ccc(C=O)cc2)Oc2ccccc21. The first-order chi connectivity index (χ1) is 10.3. The summed E-state index contributed by atoms with van der Waals surface area (Å²) in [5.74, 6) is 1.63. The Labute approximate surface area is 123 Å². The fraction of sp³-hybridized carbons (Fsp3) is 0.235. The van der Waals surface area contributed by atoms with Crippen molar-refractivity contribution >= 4 is 12.0 Å². The van der Waals surface area contributed by atoms with Gasteiger partial charge in [0.25, 0.3) is 0 Å².